The number of amides is 1. The van der Waals surface area contributed by atoms with E-state index in [1.54, 1.807) is 7.11 Å². The van der Waals surface area contributed by atoms with Crippen molar-refractivity contribution in [1.29, 1.82) is 0 Å². The Kier molecular flexibility index (Phi) is 5.38. The first-order chi connectivity index (χ1) is 11.6. The maximum atomic E-state index is 11.9. The molecule has 2 fully saturated rings. The number of rotatable bonds is 7. The van der Waals surface area contributed by atoms with E-state index in [2.05, 4.69) is 5.32 Å². The van der Waals surface area contributed by atoms with Crippen LogP contribution in [0.4, 0.5) is 0 Å². The number of benzene rings is 1. The number of methoxy groups -OCH3 is 1. The van der Waals surface area contributed by atoms with Gasteiger partial charge in [0.2, 0.25) is 0 Å². The Morgan fingerprint density at radius 1 is 1.17 bits per heavy atom. The number of ether oxygens (including phenoxy) is 2. The number of hydrogen-bond donors (Lipinski definition) is 1. The van der Waals surface area contributed by atoms with Crippen molar-refractivity contribution in [3.05, 3.63) is 29.8 Å². The molecule has 3 atom stereocenters. The van der Waals surface area contributed by atoms with Crippen molar-refractivity contribution >= 4 is 11.9 Å². The molecule has 5 heteroatoms. The second-order valence-corrected chi connectivity index (χ2v) is 6.92. The Morgan fingerprint density at radius 2 is 1.96 bits per heavy atom. The Hall–Kier alpha value is -2.04. The molecule has 3 rings (SSSR count). The van der Waals surface area contributed by atoms with E-state index in [0.717, 1.165) is 23.7 Å². The number of hydrogen-bond acceptors (Lipinski definition) is 4. The Balaban J connectivity index is 1.33. The smallest absolute Gasteiger partial charge is 0.306 e. The molecule has 2 aliphatic rings. The van der Waals surface area contributed by atoms with Gasteiger partial charge in [-0.15, -0.1) is 0 Å². The van der Waals surface area contributed by atoms with Crippen LogP contribution in [0.2, 0.25) is 0 Å². The van der Waals surface area contributed by atoms with Gasteiger partial charge in [-0.1, -0.05) is 18.6 Å². The normalized spacial score (nSPS) is 24.6. The predicted octanol–water partition coefficient (Wildman–Crippen LogP) is 2.68. The highest BCUT2D eigenvalue weighted by Gasteiger charge is 2.40. The molecule has 24 heavy (non-hydrogen) atoms. The van der Waals surface area contributed by atoms with Crippen LogP contribution in [0, 0.1) is 17.8 Å². The van der Waals surface area contributed by atoms with Crippen LogP contribution >= 0.6 is 0 Å². The maximum absolute atomic E-state index is 11.9. The van der Waals surface area contributed by atoms with Gasteiger partial charge in [-0.25, -0.2) is 0 Å². The number of carbonyl (C=O) groups excluding carboxylic acids is 2. The molecular formula is C19H25NO4. The third kappa shape index (κ3) is 4.28. The molecular weight excluding hydrogens is 306 g/mol. The first-order valence-electron chi connectivity index (χ1n) is 8.69. The molecule has 2 saturated carbocycles. The van der Waals surface area contributed by atoms with Gasteiger partial charge in [0, 0.05) is 13.0 Å². The van der Waals surface area contributed by atoms with E-state index in [1.165, 1.54) is 19.3 Å². The van der Waals surface area contributed by atoms with Crippen LogP contribution in [0.5, 0.6) is 5.75 Å². The third-order valence-corrected chi connectivity index (χ3v) is 5.33. The minimum absolute atomic E-state index is 0.199. The van der Waals surface area contributed by atoms with Crippen LogP contribution in [0.25, 0.3) is 0 Å². The predicted molar refractivity (Wildman–Crippen MR) is 89.4 cm³/mol. The van der Waals surface area contributed by atoms with Gasteiger partial charge in [0.25, 0.3) is 5.91 Å². The number of fused-ring (bicyclic) bond motifs is 2. The molecule has 1 N–H and O–H groups in total. The Labute approximate surface area is 142 Å². The van der Waals surface area contributed by atoms with Crippen LogP contribution in [0.3, 0.4) is 0 Å². The van der Waals surface area contributed by atoms with Crippen molar-refractivity contribution in [2.45, 2.75) is 38.6 Å². The van der Waals surface area contributed by atoms with E-state index >= 15 is 0 Å². The van der Waals surface area contributed by atoms with Crippen molar-refractivity contribution in [3.8, 4) is 5.75 Å². The van der Waals surface area contributed by atoms with Gasteiger partial charge >= 0.3 is 5.97 Å². The highest BCUT2D eigenvalue weighted by Crippen LogP contribution is 2.49. The molecule has 2 bridgehead atoms. The quantitative estimate of drug-likeness (QED) is 0.780. The monoisotopic (exact) mass is 331 g/mol. The van der Waals surface area contributed by atoms with Crippen molar-refractivity contribution in [2.75, 3.05) is 13.7 Å². The summed E-state index contributed by atoms with van der Waals surface area (Å²) in [7, 11) is 1.61. The van der Waals surface area contributed by atoms with E-state index in [1.807, 2.05) is 24.3 Å². The molecule has 0 saturated heterocycles. The highest BCUT2D eigenvalue weighted by atomic mass is 16.5. The lowest BCUT2D eigenvalue weighted by Gasteiger charge is -2.20. The van der Waals surface area contributed by atoms with Crippen LogP contribution in [-0.2, 0) is 20.9 Å². The summed E-state index contributed by atoms with van der Waals surface area (Å²) in [5.41, 5.74) is 0.970. The van der Waals surface area contributed by atoms with Crippen LogP contribution in [-0.4, -0.2) is 25.6 Å². The van der Waals surface area contributed by atoms with E-state index in [4.69, 9.17) is 9.47 Å². The molecule has 0 spiro atoms. The second-order valence-electron chi connectivity index (χ2n) is 6.92. The molecule has 1 aromatic rings. The van der Waals surface area contributed by atoms with Crippen molar-refractivity contribution < 1.29 is 19.1 Å². The van der Waals surface area contributed by atoms with Gasteiger partial charge in [0.05, 0.1) is 7.11 Å². The molecule has 130 valence electrons. The Bertz CT molecular complexity index is 584. The highest BCUT2D eigenvalue weighted by molar-refractivity contribution is 5.80. The summed E-state index contributed by atoms with van der Waals surface area (Å²) < 4.78 is 10.2. The zero-order chi connectivity index (χ0) is 16.9. The summed E-state index contributed by atoms with van der Waals surface area (Å²) in [6.07, 6.45) is 5.48. The zero-order valence-electron chi connectivity index (χ0n) is 14.1. The SMILES string of the molecule is COc1ccc(CNC(=O)COC(=O)C[C@H]2C[C@@H]3CC[C@@H]2C3)cc1. The standard InChI is InChI=1S/C19H25NO4/c1-23-17-6-3-13(4-7-17)11-20-18(21)12-24-19(22)10-16-9-14-2-5-15(16)8-14/h3-4,6-7,14-16H,2,5,8-12H2,1H3,(H,20,21)/t14-,15-,16-/m1/s1. The molecule has 2 aliphatic carbocycles. The summed E-state index contributed by atoms with van der Waals surface area (Å²) in [5, 5.41) is 2.76. The van der Waals surface area contributed by atoms with E-state index in [0.29, 0.717) is 24.8 Å². The third-order valence-electron chi connectivity index (χ3n) is 5.33. The largest absolute Gasteiger partial charge is 0.497 e. The lowest BCUT2D eigenvalue weighted by molar-refractivity contribution is -0.149. The summed E-state index contributed by atoms with van der Waals surface area (Å²) in [6, 6.07) is 7.47. The number of nitrogens with one attached hydrogen (secondary N) is 1. The first kappa shape index (κ1) is 16.8. The fraction of sp³-hybridized carbons (Fsp3) is 0.579. The molecule has 0 unspecified atom stereocenters. The average molecular weight is 331 g/mol. The van der Waals surface area contributed by atoms with Gasteiger partial charge in [-0.3, -0.25) is 9.59 Å². The lowest BCUT2D eigenvalue weighted by Crippen LogP contribution is -2.29. The minimum atomic E-state index is -0.271. The van der Waals surface area contributed by atoms with Gasteiger partial charge in [0.15, 0.2) is 6.61 Å². The summed E-state index contributed by atoms with van der Waals surface area (Å²) in [6.45, 7) is 0.211. The first-order valence-corrected chi connectivity index (χ1v) is 8.69. The molecule has 0 radical (unpaired) electrons. The van der Waals surface area contributed by atoms with E-state index in [9.17, 15) is 9.59 Å². The van der Waals surface area contributed by atoms with Crippen LogP contribution in [0.15, 0.2) is 24.3 Å². The number of carbonyl (C=O) groups is 2. The summed E-state index contributed by atoms with van der Waals surface area (Å²) in [5.74, 6) is 2.25. The minimum Gasteiger partial charge on any atom is -0.497 e. The van der Waals surface area contributed by atoms with Gasteiger partial charge in [-0.2, -0.15) is 0 Å². The molecule has 0 heterocycles. The van der Waals surface area contributed by atoms with E-state index < -0.39 is 0 Å². The lowest BCUT2D eigenvalue weighted by atomic mass is 9.86. The summed E-state index contributed by atoms with van der Waals surface area (Å²) in [4.78, 5) is 23.7. The zero-order valence-corrected chi connectivity index (χ0v) is 14.1. The van der Waals surface area contributed by atoms with Crippen molar-refractivity contribution in [1.82, 2.24) is 5.32 Å². The average Bonchev–Trinajstić information content (AvgIpc) is 3.21. The van der Waals surface area contributed by atoms with Crippen molar-refractivity contribution in [3.63, 3.8) is 0 Å². The molecule has 0 aliphatic heterocycles. The molecule has 1 aromatic carbocycles. The molecule has 0 aromatic heterocycles. The van der Waals surface area contributed by atoms with Gasteiger partial charge in [0.1, 0.15) is 5.75 Å². The van der Waals surface area contributed by atoms with Crippen molar-refractivity contribution in [2.24, 2.45) is 17.8 Å². The number of esters is 1. The summed E-state index contributed by atoms with van der Waals surface area (Å²) >= 11 is 0. The van der Waals surface area contributed by atoms with Crippen LogP contribution < -0.4 is 10.1 Å². The maximum Gasteiger partial charge on any atom is 0.306 e. The van der Waals surface area contributed by atoms with E-state index in [-0.39, 0.29) is 18.5 Å². The second kappa shape index (κ2) is 7.69. The molecule has 5 nitrogen and oxygen atoms in total. The fourth-order valence-electron chi connectivity index (χ4n) is 4.04. The van der Waals surface area contributed by atoms with Gasteiger partial charge in [-0.05, 0) is 54.7 Å². The van der Waals surface area contributed by atoms with Gasteiger partial charge < -0.3 is 14.8 Å². The van der Waals surface area contributed by atoms with Crippen LogP contribution in [0.1, 0.15) is 37.7 Å². The fourth-order valence-corrected chi connectivity index (χ4v) is 4.04. The molecule has 1 amide bonds. The topological polar surface area (TPSA) is 64.6 Å². The Morgan fingerprint density at radius 3 is 2.58 bits per heavy atom.